The zero-order valence-corrected chi connectivity index (χ0v) is 12.6. The third-order valence-corrected chi connectivity index (χ3v) is 4.18. The van der Waals surface area contributed by atoms with Crippen LogP contribution in [-0.4, -0.2) is 30.7 Å². The van der Waals surface area contributed by atoms with E-state index in [1.54, 1.807) is 22.9 Å². The maximum atomic E-state index is 12.1. The lowest BCUT2D eigenvalue weighted by atomic mass is 10.2. The van der Waals surface area contributed by atoms with Crippen molar-refractivity contribution < 1.29 is 19.4 Å². The standard InChI is InChI=1S/C14H11NO4S2/c1-19-14(18)12-11(4-6-20-12)15-13(17)9-7-10(21-8-9)3-2-5-16/h4,6-8,16H,5H2,1H3,(H,15,17). The average molecular weight is 321 g/mol. The first-order valence-corrected chi connectivity index (χ1v) is 7.57. The third-order valence-electron chi connectivity index (χ3n) is 2.44. The highest BCUT2D eigenvalue weighted by Crippen LogP contribution is 2.24. The second-order valence-electron chi connectivity index (χ2n) is 3.77. The van der Waals surface area contributed by atoms with Gasteiger partial charge in [0.25, 0.3) is 5.91 Å². The number of rotatable bonds is 3. The van der Waals surface area contributed by atoms with Gasteiger partial charge in [0.1, 0.15) is 11.5 Å². The summed E-state index contributed by atoms with van der Waals surface area (Å²) in [5.74, 6) is 4.44. The minimum atomic E-state index is -0.486. The fraction of sp³-hybridized carbons (Fsp3) is 0.143. The highest BCUT2D eigenvalue weighted by atomic mass is 32.1. The second kappa shape index (κ2) is 7.04. The Balaban J connectivity index is 2.13. The van der Waals surface area contributed by atoms with Crippen molar-refractivity contribution in [2.75, 3.05) is 19.0 Å². The highest BCUT2D eigenvalue weighted by Gasteiger charge is 2.16. The van der Waals surface area contributed by atoms with Gasteiger partial charge in [0.05, 0.1) is 23.2 Å². The zero-order valence-electron chi connectivity index (χ0n) is 11.0. The maximum Gasteiger partial charge on any atom is 0.350 e. The van der Waals surface area contributed by atoms with Crippen molar-refractivity contribution in [1.29, 1.82) is 0 Å². The van der Waals surface area contributed by atoms with Gasteiger partial charge in [0.2, 0.25) is 0 Å². The van der Waals surface area contributed by atoms with Crippen LogP contribution in [0.25, 0.3) is 0 Å². The number of hydrogen-bond donors (Lipinski definition) is 2. The molecule has 0 aromatic carbocycles. The van der Waals surface area contributed by atoms with Crippen LogP contribution in [0.5, 0.6) is 0 Å². The van der Waals surface area contributed by atoms with E-state index in [9.17, 15) is 9.59 Å². The van der Waals surface area contributed by atoms with E-state index in [1.165, 1.54) is 29.8 Å². The van der Waals surface area contributed by atoms with E-state index in [1.807, 2.05) is 0 Å². The molecule has 0 spiro atoms. The number of hydrogen-bond acceptors (Lipinski definition) is 6. The van der Waals surface area contributed by atoms with E-state index < -0.39 is 5.97 Å². The fourth-order valence-electron chi connectivity index (χ4n) is 1.50. The van der Waals surface area contributed by atoms with Gasteiger partial charge in [-0.1, -0.05) is 11.8 Å². The highest BCUT2D eigenvalue weighted by molar-refractivity contribution is 7.12. The van der Waals surface area contributed by atoms with Crippen molar-refractivity contribution in [3.63, 3.8) is 0 Å². The predicted molar refractivity (Wildman–Crippen MR) is 81.9 cm³/mol. The summed E-state index contributed by atoms with van der Waals surface area (Å²) in [6.45, 7) is -0.225. The zero-order chi connectivity index (χ0) is 15.2. The van der Waals surface area contributed by atoms with Gasteiger partial charge in [0, 0.05) is 5.38 Å². The lowest BCUT2D eigenvalue weighted by Crippen LogP contribution is -2.13. The van der Waals surface area contributed by atoms with Crippen molar-refractivity contribution in [2.24, 2.45) is 0 Å². The number of anilines is 1. The molecule has 0 aliphatic heterocycles. The summed E-state index contributed by atoms with van der Waals surface area (Å²) < 4.78 is 4.65. The van der Waals surface area contributed by atoms with Crippen LogP contribution in [0.1, 0.15) is 24.9 Å². The summed E-state index contributed by atoms with van der Waals surface area (Å²) in [5.41, 5.74) is 0.871. The largest absolute Gasteiger partial charge is 0.465 e. The first-order chi connectivity index (χ1) is 10.2. The molecule has 7 heteroatoms. The van der Waals surface area contributed by atoms with Crippen LogP contribution in [0.4, 0.5) is 5.69 Å². The Morgan fingerprint density at radius 3 is 2.95 bits per heavy atom. The Kier molecular flexibility index (Phi) is 5.11. The smallest absolute Gasteiger partial charge is 0.350 e. The lowest BCUT2D eigenvalue weighted by molar-refractivity contribution is 0.0607. The first kappa shape index (κ1) is 15.3. The van der Waals surface area contributed by atoms with Gasteiger partial charge in [-0.15, -0.1) is 22.7 Å². The van der Waals surface area contributed by atoms with Gasteiger partial charge in [-0.25, -0.2) is 4.79 Å². The topological polar surface area (TPSA) is 75.6 Å². The minimum absolute atomic E-state index is 0.225. The number of carbonyl (C=O) groups is 2. The van der Waals surface area contributed by atoms with Gasteiger partial charge in [-0.2, -0.15) is 0 Å². The normalized spacial score (nSPS) is 9.62. The van der Waals surface area contributed by atoms with Crippen LogP contribution in [0, 0.1) is 11.8 Å². The Bertz CT molecular complexity index is 721. The molecular weight excluding hydrogens is 310 g/mol. The number of esters is 1. The molecule has 2 N–H and O–H groups in total. The molecule has 21 heavy (non-hydrogen) atoms. The minimum Gasteiger partial charge on any atom is -0.465 e. The number of aliphatic hydroxyl groups excluding tert-OH is 1. The molecule has 1 amide bonds. The van der Waals surface area contributed by atoms with Crippen LogP contribution in [0.3, 0.4) is 0 Å². The molecule has 108 valence electrons. The number of ether oxygens (including phenoxy) is 1. The molecule has 2 rings (SSSR count). The molecule has 0 fully saturated rings. The predicted octanol–water partition coefficient (Wildman–Crippen LogP) is 2.19. The number of aliphatic hydroxyl groups is 1. The second-order valence-corrected chi connectivity index (χ2v) is 5.60. The monoisotopic (exact) mass is 321 g/mol. The maximum absolute atomic E-state index is 12.1. The average Bonchev–Trinajstić information content (AvgIpc) is 3.13. The quantitative estimate of drug-likeness (QED) is 0.671. The van der Waals surface area contributed by atoms with Crippen LogP contribution < -0.4 is 5.32 Å². The Morgan fingerprint density at radius 1 is 1.43 bits per heavy atom. The molecule has 0 bridgehead atoms. The third kappa shape index (κ3) is 3.70. The van der Waals surface area contributed by atoms with E-state index >= 15 is 0 Å². The van der Waals surface area contributed by atoms with Gasteiger partial charge in [0.15, 0.2) is 0 Å². The molecule has 0 saturated carbocycles. The summed E-state index contributed by atoms with van der Waals surface area (Å²) >= 11 is 2.51. The van der Waals surface area contributed by atoms with Crippen LogP contribution in [0.15, 0.2) is 22.9 Å². The van der Waals surface area contributed by atoms with Crippen molar-refractivity contribution in [2.45, 2.75) is 0 Å². The molecule has 0 atom stereocenters. The van der Waals surface area contributed by atoms with Gasteiger partial charge in [-0.05, 0) is 17.5 Å². The SMILES string of the molecule is COC(=O)c1sccc1NC(=O)c1csc(C#CCO)c1. The first-order valence-electron chi connectivity index (χ1n) is 5.81. The number of amides is 1. The van der Waals surface area contributed by atoms with Crippen LogP contribution in [0.2, 0.25) is 0 Å². The molecule has 0 unspecified atom stereocenters. The van der Waals surface area contributed by atoms with Crippen LogP contribution in [-0.2, 0) is 4.74 Å². The van der Waals surface area contributed by atoms with E-state index in [4.69, 9.17) is 5.11 Å². The summed E-state index contributed by atoms with van der Waals surface area (Å²) in [6.07, 6.45) is 0. The molecule has 0 aliphatic carbocycles. The van der Waals surface area contributed by atoms with E-state index in [0.717, 1.165) is 0 Å². The van der Waals surface area contributed by atoms with Crippen molar-refractivity contribution in [3.8, 4) is 11.8 Å². The number of carbonyl (C=O) groups excluding carboxylic acids is 2. The molecule has 0 aliphatic rings. The molecule has 2 heterocycles. The summed E-state index contributed by atoms with van der Waals surface area (Å²) in [4.78, 5) is 24.7. The Hall–Kier alpha value is -2.14. The summed E-state index contributed by atoms with van der Waals surface area (Å²) in [7, 11) is 1.29. The Morgan fingerprint density at radius 2 is 2.24 bits per heavy atom. The van der Waals surface area contributed by atoms with Gasteiger partial charge < -0.3 is 15.2 Å². The molecule has 0 radical (unpaired) electrons. The van der Waals surface area contributed by atoms with E-state index in [2.05, 4.69) is 21.9 Å². The van der Waals surface area contributed by atoms with E-state index in [-0.39, 0.29) is 12.5 Å². The summed E-state index contributed by atoms with van der Waals surface area (Å²) in [6, 6.07) is 3.28. The fourth-order valence-corrected chi connectivity index (χ4v) is 3.02. The number of nitrogens with one attached hydrogen (secondary N) is 1. The van der Waals surface area contributed by atoms with Gasteiger partial charge in [-0.3, -0.25) is 4.79 Å². The van der Waals surface area contributed by atoms with E-state index in [0.29, 0.717) is 21.0 Å². The Labute approximate surface area is 129 Å². The van der Waals surface area contributed by atoms with Crippen molar-refractivity contribution in [1.82, 2.24) is 0 Å². The molecular formula is C14H11NO4S2. The van der Waals surface area contributed by atoms with Crippen molar-refractivity contribution >= 4 is 40.2 Å². The molecule has 2 aromatic rings. The molecule has 0 saturated heterocycles. The summed E-state index contributed by atoms with van der Waals surface area (Å²) in [5, 5.41) is 14.7. The van der Waals surface area contributed by atoms with Crippen molar-refractivity contribution in [3.05, 3.63) is 38.2 Å². The molecule has 5 nitrogen and oxygen atoms in total. The van der Waals surface area contributed by atoms with Crippen LogP contribution >= 0.6 is 22.7 Å². The van der Waals surface area contributed by atoms with Gasteiger partial charge >= 0.3 is 5.97 Å². The molecule has 2 aromatic heterocycles. The lowest BCUT2D eigenvalue weighted by Gasteiger charge is -2.03. The number of methoxy groups -OCH3 is 1. The number of thiophene rings is 2.